The lowest BCUT2D eigenvalue weighted by Gasteiger charge is -2.21. The Balaban J connectivity index is 3.16. The van der Waals surface area contributed by atoms with Crippen LogP contribution in [-0.2, 0) is 0 Å². The van der Waals surface area contributed by atoms with E-state index in [0.717, 1.165) is 0 Å². The predicted octanol–water partition coefficient (Wildman–Crippen LogP) is 0.213. The van der Waals surface area contributed by atoms with Crippen LogP contribution in [0.15, 0.2) is 12.1 Å². The molecule has 1 aromatic heterocycles. The maximum Gasteiger partial charge on any atom is 0.311 e. The van der Waals surface area contributed by atoms with E-state index >= 15 is 0 Å². The van der Waals surface area contributed by atoms with Gasteiger partial charge < -0.3 is 20.4 Å². The molecule has 8 heteroatoms. The van der Waals surface area contributed by atoms with Gasteiger partial charge in [-0.15, -0.1) is 0 Å². The van der Waals surface area contributed by atoms with Gasteiger partial charge in [0, 0.05) is 25.7 Å². The van der Waals surface area contributed by atoms with Gasteiger partial charge in [0.25, 0.3) is 0 Å². The van der Waals surface area contributed by atoms with Crippen molar-refractivity contribution in [3.05, 3.63) is 22.2 Å². The van der Waals surface area contributed by atoms with Gasteiger partial charge in [0.1, 0.15) is 5.82 Å². The molecule has 0 atom stereocenters. The molecule has 0 bridgehead atoms. The van der Waals surface area contributed by atoms with Crippen LogP contribution in [0.25, 0.3) is 0 Å². The third-order valence-electron chi connectivity index (χ3n) is 2.45. The topological polar surface area (TPSA) is 112 Å². The quantitative estimate of drug-likeness (QED) is 0.457. The number of nitrogens with zero attached hydrogens (tertiary/aromatic N) is 3. The van der Waals surface area contributed by atoms with E-state index < -0.39 is 4.92 Å². The third kappa shape index (κ3) is 4.04. The van der Waals surface area contributed by atoms with Crippen molar-refractivity contribution in [3.8, 4) is 0 Å². The maximum atomic E-state index is 11.0. The molecule has 0 aliphatic rings. The lowest BCUT2D eigenvalue weighted by atomic mass is 10.3. The van der Waals surface area contributed by atoms with Crippen molar-refractivity contribution in [3.63, 3.8) is 0 Å². The minimum atomic E-state index is -0.528. The molecule has 1 aromatic rings. The SMILES string of the molecule is CCNc1ccc([N+](=O)[O-])c(N(CCO)CCO)n1. The number of pyridine rings is 1. The van der Waals surface area contributed by atoms with Crippen molar-refractivity contribution >= 4 is 17.3 Å². The minimum Gasteiger partial charge on any atom is -0.395 e. The Labute approximate surface area is 110 Å². The summed E-state index contributed by atoms with van der Waals surface area (Å²) in [7, 11) is 0. The molecule has 8 nitrogen and oxygen atoms in total. The molecular formula is C11H18N4O4. The van der Waals surface area contributed by atoms with Gasteiger partial charge in [-0.25, -0.2) is 4.98 Å². The number of hydrogen-bond donors (Lipinski definition) is 3. The molecule has 0 amide bonds. The molecule has 1 heterocycles. The summed E-state index contributed by atoms with van der Waals surface area (Å²) < 4.78 is 0. The Morgan fingerprint density at radius 1 is 1.37 bits per heavy atom. The average molecular weight is 270 g/mol. The molecule has 3 N–H and O–H groups in total. The summed E-state index contributed by atoms with van der Waals surface area (Å²) in [6, 6.07) is 2.89. The monoisotopic (exact) mass is 270 g/mol. The number of aromatic nitrogens is 1. The van der Waals surface area contributed by atoms with E-state index in [1.807, 2.05) is 6.92 Å². The zero-order valence-corrected chi connectivity index (χ0v) is 10.7. The van der Waals surface area contributed by atoms with E-state index in [2.05, 4.69) is 10.3 Å². The zero-order valence-electron chi connectivity index (χ0n) is 10.7. The van der Waals surface area contributed by atoms with Crippen LogP contribution in [0.5, 0.6) is 0 Å². The van der Waals surface area contributed by atoms with E-state index in [4.69, 9.17) is 10.2 Å². The first kappa shape index (κ1) is 15.1. The van der Waals surface area contributed by atoms with Gasteiger partial charge in [0.05, 0.1) is 18.1 Å². The van der Waals surface area contributed by atoms with Gasteiger partial charge in [-0.3, -0.25) is 10.1 Å². The highest BCUT2D eigenvalue weighted by Crippen LogP contribution is 2.27. The molecule has 0 fully saturated rings. The van der Waals surface area contributed by atoms with E-state index in [1.54, 1.807) is 0 Å². The summed E-state index contributed by atoms with van der Waals surface area (Å²) >= 11 is 0. The van der Waals surface area contributed by atoms with Crippen molar-refractivity contribution < 1.29 is 15.1 Å². The van der Waals surface area contributed by atoms with Crippen molar-refractivity contribution in [2.24, 2.45) is 0 Å². The number of aliphatic hydroxyl groups is 2. The summed E-state index contributed by atoms with van der Waals surface area (Å²) in [5, 5.41) is 31.9. The molecule has 0 aromatic carbocycles. The zero-order chi connectivity index (χ0) is 14.3. The summed E-state index contributed by atoms with van der Waals surface area (Å²) in [6.45, 7) is 2.52. The molecule has 19 heavy (non-hydrogen) atoms. The van der Waals surface area contributed by atoms with Gasteiger partial charge >= 0.3 is 5.69 Å². The van der Waals surface area contributed by atoms with Crippen LogP contribution in [0.2, 0.25) is 0 Å². The Kier molecular flexibility index (Phi) is 5.97. The predicted molar refractivity (Wildman–Crippen MR) is 71.4 cm³/mol. The average Bonchev–Trinajstić information content (AvgIpc) is 2.38. The van der Waals surface area contributed by atoms with Crippen LogP contribution in [0.3, 0.4) is 0 Å². The van der Waals surface area contributed by atoms with Gasteiger partial charge in [-0.2, -0.15) is 0 Å². The molecule has 0 radical (unpaired) electrons. The fourth-order valence-electron chi connectivity index (χ4n) is 1.66. The Morgan fingerprint density at radius 3 is 2.47 bits per heavy atom. The summed E-state index contributed by atoms with van der Waals surface area (Å²) in [5.41, 5.74) is -0.149. The molecule has 0 spiro atoms. The summed E-state index contributed by atoms with van der Waals surface area (Å²) in [5.74, 6) is 0.663. The Hall–Kier alpha value is -1.93. The van der Waals surface area contributed by atoms with Gasteiger partial charge in [0.15, 0.2) is 0 Å². The molecule has 0 saturated carbocycles. The highest BCUT2D eigenvalue weighted by Gasteiger charge is 2.21. The molecule has 106 valence electrons. The van der Waals surface area contributed by atoms with Crippen LogP contribution in [0.4, 0.5) is 17.3 Å². The second-order valence-electron chi connectivity index (χ2n) is 3.76. The van der Waals surface area contributed by atoms with Gasteiger partial charge in [-0.1, -0.05) is 0 Å². The lowest BCUT2D eigenvalue weighted by Crippen LogP contribution is -2.31. The second kappa shape index (κ2) is 7.49. The fourth-order valence-corrected chi connectivity index (χ4v) is 1.66. The standard InChI is InChI=1S/C11H18N4O4/c1-2-12-10-4-3-9(15(18)19)11(13-10)14(5-7-16)6-8-17/h3-4,16-17H,2,5-8H2,1H3,(H,12,13). The Bertz CT molecular complexity index is 421. The smallest absolute Gasteiger partial charge is 0.311 e. The Morgan fingerprint density at radius 2 is 2.00 bits per heavy atom. The molecule has 0 unspecified atom stereocenters. The number of hydrogen-bond acceptors (Lipinski definition) is 7. The van der Waals surface area contributed by atoms with Crippen LogP contribution < -0.4 is 10.2 Å². The van der Waals surface area contributed by atoms with Crippen LogP contribution in [0, 0.1) is 10.1 Å². The van der Waals surface area contributed by atoms with E-state index in [9.17, 15) is 10.1 Å². The van der Waals surface area contributed by atoms with Gasteiger partial charge in [0.2, 0.25) is 5.82 Å². The second-order valence-corrected chi connectivity index (χ2v) is 3.76. The molecule has 0 aliphatic carbocycles. The van der Waals surface area contributed by atoms with Crippen molar-refractivity contribution in [1.82, 2.24) is 4.98 Å². The van der Waals surface area contributed by atoms with E-state index in [0.29, 0.717) is 12.4 Å². The van der Waals surface area contributed by atoms with Crippen molar-refractivity contribution in [2.75, 3.05) is 43.1 Å². The van der Waals surface area contributed by atoms with Crippen molar-refractivity contribution in [1.29, 1.82) is 0 Å². The fraction of sp³-hybridized carbons (Fsp3) is 0.545. The largest absolute Gasteiger partial charge is 0.395 e. The first-order valence-electron chi connectivity index (χ1n) is 6.00. The molecule has 1 rings (SSSR count). The van der Waals surface area contributed by atoms with Crippen LogP contribution in [0.1, 0.15) is 6.92 Å². The molecular weight excluding hydrogens is 252 g/mol. The normalized spacial score (nSPS) is 10.3. The minimum absolute atomic E-state index is 0.145. The number of anilines is 2. The number of aliphatic hydroxyl groups excluding tert-OH is 2. The number of rotatable bonds is 8. The maximum absolute atomic E-state index is 11.0. The number of nitro groups is 1. The third-order valence-corrected chi connectivity index (χ3v) is 2.45. The van der Waals surface area contributed by atoms with Crippen molar-refractivity contribution in [2.45, 2.75) is 6.92 Å². The highest BCUT2D eigenvalue weighted by molar-refractivity contribution is 5.61. The van der Waals surface area contributed by atoms with Crippen LogP contribution in [-0.4, -0.2) is 53.0 Å². The first-order chi connectivity index (χ1) is 9.13. The summed E-state index contributed by atoms with van der Waals surface area (Å²) in [6.07, 6.45) is 0. The highest BCUT2D eigenvalue weighted by atomic mass is 16.6. The van der Waals surface area contributed by atoms with E-state index in [1.165, 1.54) is 17.0 Å². The first-order valence-corrected chi connectivity index (χ1v) is 6.00. The molecule has 0 aliphatic heterocycles. The lowest BCUT2D eigenvalue weighted by molar-refractivity contribution is -0.384. The summed E-state index contributed by atoms with van der Waals surface area (Å²) in [4.78, 5) is 16.1. The van der Waals surface area contributed by atoms with Gasteiger partial charge in [-0.05, 0) is 13.0 Å². The molecule has 0 saturated heterocycles. The van der Waals surface area contributed by atoms with E-state index in [-0.39, 0.29) is 37.8 Å². The number of nitrogens with one attached hydrogen (secondary N) is 1. The van der Waals surface area contributed by atoms with Crippen LogP contribution >= 0.6 is 0 Å².